The summed E-state index contributed by atoms with van der Waals surface area (Å²) in [6.45, 7) is 8.68. The average Bonchev–Trinajstić information content (AvgIpc) is 2.65. The van der Waals surface area contributed by atoms with Crippen LogP contribution in [0.5, 0.6) is 0 Å². The first-order valence-corrected chi connectivity index (χ1v) is 11.5. The van der Waals surface area contributed by atoms with Gasteiger partial charge in [-0.3, -0.25) is 9.78 Å². The van der Waals surface area contributed by atoms with E-state index in [0.717, 1.165) is 41.0 Å². The van der Waals surface area contributed by atoms with Crippen molar-refractivity contribution in [2.75, 3.05) is 16.8 Å². The number of rotatable bonds is 5. The first kappa shape index (κ1) is 20.8. The summed E-state index contributed by atoms with van der Waals surface area (Å²) in [5, 5.41) is 4.13. The van der Waals surface area contributed by atoms with E-state index in [2.05, 4.69) is 43.0 Å². The third-order valence-electron chi connectivity index (χ3n) is 5.67. The van der Waals surface area contributed by atoms with Crippen LogP contribution in [0.4, 0.5) is 11.6 Å². The quantitative estimate of drug-likeness (QED) is 0.527. The fourth-order valence-corrected chi connectivity index (χ4v) is 5.33. The van der Waals surface area contributed by atoms with Crippen molar-refractivity contribution < 1.29 is 4.79 Å². The lowest BCUT2D eigenvalue weighted by atomic mass is 9.69. The number of nitrogens with one attached hydrogen (secondary N) is 1. The van der Waals surface area contributed by atoms with E-state index in [1.54, 1.807) is 18.0 Å². The van der Waals surface area contributed by atoms with Crippen molar-refractivity contribution in [3.8, 4) is 0 Å². The Bertz CT molecular complexity index is 1000. The van der Waals surface area contributed by atoms with Crippen molar-refractivity contribution in [3.05, 3.63) is 46.9 Å². The number of carbonyl (C=O) groups is 1. The maximum Gasteiger partial charge on any atom is 0.191 e. The molecule has 30 heavy (non-hydrogen) atoms. The number of pyridine rings is 1. The zero-order valence-corrected chi connectivity index (χ0v) is 18.8. The Morgan fingerprint density at radius 3 is 2.80 bits per heavy atom. The highest BCUT2D eigenvalue weighted by atomic mass is 32.2. The number of thioether (sulfide) groups is 1. The molecule has 0 unspecified atom stereocenters. The molecule has 0 aromatic carbocycles. The van der Waals surface area contributed by atoms with Crippen molar-refractivity contribution >= 4 is 29.2 Å². The third-order valence-corrected chi connectivity index (χ3v) is 6.55. The van der Waals surface area contributed by atoms with E-state index < -0.39 is 0 Å². The van der Waals surface area contributed by atoms with Gasteiger partial charge in [-0.2, -0.15) is 0 Å². The van der Waals surface area contributed by atoms with E-state index in [-0.39, 0.29) is 17.1 Å². The molecule has 3 heterocycles. The molecule has 6 nitrogen and oxygen atoms in total. The molecule has 0 bridgehead atoms. The summed E-state index contributed by atoms with van der Waals surface area (Å²) >= 11 is 1.62. The molecule has 3 N–H and O–H groups in total. The van der Waals surface area contributed by atoms with Crippen LogP contribution in [0.2, 0.25) is 0 Å². The summed E-state index contributed by atoms with van der Waals surface area (Å²) in [5.41, 5.74) is 9.83. The predicted molar refractivity (Wildman–Crippen MR) is 121 cm³/mol. The van der Waals surface area contributed by atoms with Crippen LogP contribution in [-0.2, 0) is 4.79 Å². The second-order valence-electron chi connectivity index (χ2n) is 9.36. The fraction of sp³-hybridized carbons (Fsp3) is 0.478. The van der Waals surface area contributed by atoms with Gasteiger partial charge in [0.15, 0.2) is 10.9 Å². The number of carbonyl (C=O) groups excluding carboxylic acids is 1. The molecule has 0 spiro atoms. The van der Waals surface area contributed by atoms with Gasteiger partial charge in [0.25, 0.3) is 0 Å². The Morgan fingerprint density at radius 2 is 2.10 bits per heavy atom. The van der Waals surface area contributed by atoms with Gasteiger partial charge in [0.05, 0.1) is 0 Å². The maximum atomic E-state index is 13.2. The molecule has 0 saturated heterocycles. The molecule has 1 aliphatic carbocycles. The number of aromatic nitrogens is 3. The number of hydrogen-bond donors (Lipinski definition) is 2. The van der Waals surface area contributed by atoms with Gasteiger partial charge in [-0.25, -0.2) is 9.97 Å². The molecule has 2 aliphatic rings. The third kappa shape index (κ3) is 4.08. The van der Waals surface area contributed by atoms with E-state index in [1.807, 2.05) is 18.3 Å². The molecule has 0 saturated carbocycles. The van der Waals surface area contributed by atoms with Gasteiger partial charge in [-0.1, -0.05) is 45.5 Å². The standard InChI is InChI=1S/C23H29N5OS/c1-13(2)7-9-30-22-27-20(24)19-17(14-6-5-8-25-12-14)18-15(26-21(19)28-22)10-23(3,4)11-16(18)29/h5-6,8,12-13,17H,7,9-11H2,1-4H3,(H3,24,26,27,28)/t17-/m1/s1. The van der Waals surface area contributed by atoms with Crippen molar-refractivity contribution in [1.29, 1.82) is 0 Å². The minimum atomic E-state index is -0.289. The number of anilines is 2. The Labute approximate surface area is 182 Å². The van der Waals surface area contributed by atoms with Crippen molar-refractivity contribution in [3.63, 3.8) is 0 Å². The maximum absolute atomic E-state index is 13.2. The number of allylic oxidation sites excluding steroid dienone is 2. The van der Waals surface area contributed by atoms with Gasteiger partial charge in [0.1, 0.15) is 11.6 Å². The molecule has 0 amide bonds. The van der Waals surface area contributed by atoms with Crippen LogP contribution in [0.1, 0.15) is 64.0 Å². The summed E-state index contributed by atoms with van der Waals surface area (Å²) in [5.74, 6) is 2.58. The lowest BCUT2D eigenvalue weighted by molar-refractivity contribution is -0.118. The van der Waals surface area contributed by atoms with E-state index in [1.165, 1.54) is 0 Å². The van der Waals surface area contributed by atoms with E-state index in [0.29, 0.717) is 29.1 Å². The molecular formula is C23H29N5OS. The largest absolute Gasteiger partial charge is 0.383 e. The number of nitrogens with zero attached hydrogens (tertiary/aromatic N) is 3. The van der Waals surface area contributed by atoms with Crippen LogP contribution in [0.25, 0.3) is 0 Å². The lowest BCUT2D eigenvalue weighted by Crippen LogP contribution is -2.34. The minimum Gasteiger partial charge on any atom is -0.383 e. The number of nitrogens with two attached hydrogens (primary N) is 1. The fourth-order valence-electron chi connectivity index (χ4n) is 4.24. The van der Waals surface area contributed by atoms with Gasteiger partial charge in [-0.15, -0.1) is 0 Å². The molecule has 1 atom stereocenters. The van der Waals surface area contributed by atoms with Gasteiger partial charge >= 0.3 is 0 Å². The molecule has 2 aromatic heterocycles. The molecule has 4 rings (SSSR count). The Hall–Kier alpha value is -2.41. The highest BCUT2D eigenvalue weighted by molar-refractivity contribution is 7.99. The highest BCUT2D eigenvalue weighted by Gasteiger charge is 2.42. The zero-order chi connectivity index (χ0) is 21.5. The van der Waals surface area contributed by atoms with Gasteiger partial charge in [-0.05, 0) is 35.8 Å². The molecular weight excluding hydrogens is 394 g/mol. The summed E-state index contributed by atoms with van der Waals surface area (Å²) in [6, 6.07) is 3.89. The Morgan fingerprint density at radius 1 is 1.30 bits per heavy atom. The summed E-state index contributed by atoms with van der Waals surface area (Å²) < 4.78 is 0. The van der Waals surface area contributed by atoms with Crippen molar-refractivity contribution in [2.45, 2.75) is 58.0 Å². The number of hydrogen-bond acceptors (Lipinski definition) is 7. The van der Waals surface area contributed by atoms with Crippen LogP contribution in [0, 0.1) is 11.3 Å². The van der Waals surface area contributed by atoms with Gasteiger partial charge in [0.2, 0.25) is 0 Å². The number of Topliss-reactive ketones (excluding diaryl/α,β-unsaturated/α-hetero) is 1. The molecule has 0 radical (unpaired) electrons. The van der Waals surface area contributed by atoms with Crippen LogP contribution < -0.4 is 11.1 Å². The zero-order valence-electron chi connectivity index (χ0n) is 18.0. The number of fused-ring (bicyclic) bond motifs is 1. The molecule has 7 heteroatoms. The molecule has 2 aromatic rings. The van der Waals surface area contributed by atoms with Gasteiger partial charge < -0.3 is 11.1 Å². The topological polar surface area (TPSA) is 93.8 Å². The number of nitrogen functional groups attached to an aromatic ring is 1. The van der Waals surface area contributed by atoms with E-state index in [9.17, 15) is 4.79 Å². The second-order valence-corrected chi connectivity index (χ2v) is 10.4. The first-order valence-electron chi connectivity index (χ1n) is 10.5. The summed E-state index contributed by atoms with van der Waals surface area (Å²) in [6.07, 6.45) is 5.95. The Kier molecular flexibility index (Phi) is 5.57. The SMILES string of the molecule is CC(C)CCSc1nc(N)c2c(n1)NC1=C(C(=O)CC(C)(C)C1)[C@H]2c1cccnc1. The molecule has 0 fully saturated rings. The second kappa shape index (κ2) is 8.02. The normalized spacial score (nSPS) is 20.0. The van der Waals surface area contributed by atoms with E-state index in [4.69, 9.17) is 10.7 Å². The van der Waals surface area contributed by atoms with Crippen molar-refractivity contribution in [2.24, 2.45) is 11.3 Å². The monoisotopic (exact) mass is 423 g/mol. The van der Waals surface area contributed by atoms with Crippen LogP contribution >= 0.6 is 11.8 Å². The smallest absolute Gasteiger partial charge is 0.191 e. The average molecular weight is 424 g/mol. The van der Waals surface area contributed by atoms with Crippen molar-refractivity contribution in [1.82, 2.24) is 15.0 Å². The molecule has 158 valence electrons. The number of ketones is 1. The van der Waals surface area contributed by atoms with E-state index >= 15 is 0 Å². The van der Waals surface area contributed by atoms with Crippen LogP contribution in [0.3, 0.4) is 0 Å². The minimum absolute atomic E-state index is 0.0900. The lowest BCUT2D eigenvalue weighted by Gasteiger charge is -2.39. The van der Waals surface area contributed by atoms with Crippen LogP contribution in [0.15, 0.2) is 41.0 Å². The predicted octanol–water partition coefficient (Wildman–Crippen LogP) is 4.79. The van der Waals surface area contributed by atoms with Crippen LogP contribution in [-0.4, -0.2) is 26.5 Å². The van der Waals surface area contributed by atoms with Gasteiger partial charge in [0, 0.05) is 47.3 Å². The highest BCUT2D eigenvalue weighted by Crippen LogP contribution is 2.49. The summed E-state index contributed by atoms with van der Waals surface area (Å²) in [4.78, 5) is 26.9. The summed E-state index contributed by atoms with van der Waals surface area (Å²) in [7, 11) is 0. The first-order chi connectivity index (χ1) is 14.2. The molecule has 1 aliphatic heterocycles. The Balaban J connectivity index is 1.80.